The van der Waals surface area contributed by atoms with Crippen LogP contribution < -0.4 is 0 Å². The number of rotatable bonds is 3. The van der Waals surface area contributed by atoms with E-state index in [-0.39, 0.29) is 11.3 Å². The second-order valence-electron chi connectivity index (χ2n) is 1.46. The molecule has 0 atom stereocenters. The van der Waals surface area contributed by atoms with Crippen molar-refractivity contribution in [1.82, 2.24) is 0 Å². The Morgan fingerprint density at radius 2 is 2.00 bits per heavy atom. The molecule has 0 radical (unpaired) electrons. The fourth-order valence-electron chi connectivity index (χ4n) is 0.237. The van der Waals surface area contributed by atoms with Gasteiger partial charge in [-0.1, -0.05) is 15.9 Å². The van der Waals surface area contributed by atoms with E-state index in [9.17, 15) is 4.79 Å². The van der Waals surface area contributed by atoms with Crippen molar-refractivity contribution in [3.05, 3.63) is 6.07 Å². The van der Waals surface area contributed by atoms with Crippen molar-refractivity contribution in [1.29, 1.82) is 0 Å². The Hall–Kier alpha value is 1.63. The Morgan fingerprint density at radius 3 is 2.36 bits per heavy atom. The monoisotopic (exact) mass is 508 g/mol. The van der Waals surface area contributed by atoms with Gasteiger partial charge in [-0.15, -0.1) is 0 Å². The van der Waals surface area contributed by atoms with Crippen LogP contribution >= 0.6 is 77.0 Å². The van der Waals surface area contributed by atoms with Crippen LogP contribution in [0.15, 0.2) is 6.07 Å². The molecule has 0 rings (SSSR count). The summed E-state index contributed by atoms with van der Waals surface area (Å²) >= 11 is 10.5. The van der Waals surface area contributed by atoms with Crippen LogP contribution in [0.5, 0.6) is 0 Å². The maximum atomic E-state index is 10.6. The molecule has 0 aliphatic heterocycles. The van der Waals surface area contributed by atoms with Crippen molar-refractivity contribution in [2.24, 2.45) is 0 Å². The smallest absolute Gasteiger partial charge is 0.316 e. The Labute approximate surface area is 109 Å². The molecule has 0 aliphatic carbocycles. The van der Waals surface area contributed by atoms with E-state index in [0.29, 0.717) is 6.61 Å². The van der Waals surface area contributed by atoms with Crippen molar-refractivity contribution < 1.29 is 9.53 Å². The molecule has 0 aromatic carbocycles. The fourth-order valence-corrected chi connectivity index (χ4v) is 0.825. The molecular weight excluding hydrogens is 506 g/mol. The molecule has 0 heterocycles. The highest BCUT2D eigenvalue weighted by Gasteiger charge is 2.02. The lowest BCUT2D eigenvalue weighted by Crippen LogP contribution is -2.06. The van der Waals surface area contributed by atoms with Gasteiger partial charge in [-0.2, -0.15) is 0 Å². The number of ether oxygens (including phenoxy) is 1. The van der Waals surface area contributed by atoms with Gasteiger partial charge in [-0.05, 0) is 61.1 Å². The Balaban J connectivity index is 3.72. The van der Waals surface area contributed by atoms with Crippen LogP contribution in [0.1, 0.15) is 0 Å². The molecule has 0 spiro atoms. The summed E-state index contributed by atoms with van der Waals surface area (Å²) in [6.07, 6.45) is 0. The summed E-state index contributed by atoms with van der Waals surface area (Å²) in [7, 11) is 0. The molecule has 64 valence electrons. The van der Waals surface area contributed by atoms with Gasteiger partial charge < -0.3 is 4.74 Å². The standard InChI is InChI=1S/C5H4Br2I2O2/c6-1-4(10)11-2-3(8)5(7)9/h1-2H2/b5-3+. The lowest BCUT2D eigenvalue weighted by Gasteiger charge is -2.00. The average molecular weight is 510 g/mol. The van der Waals surface area contributed by atoms with Crippen LogP contribution in [0, 0.1) is 0 Å². The number of halogens is 4. The van der Waals surface area contributed by atoms with Crippen LogP contribution in [-0.2, 0) is 9.53 Å². The molecular formula is C5H4Br2I2O2. The molecule has 0 aromatic rings. The van der Waals surface area contributed by atoms with E-state index in [1.54, 1.807) is 0 Å². The third-order valence-electron chi connectivity index (χ3n) is 0.674. The van der Waals surface area contributed by atoms with Crippen LogP contribution in [-0.4, -0.2) is 17.9 Å². The molecule has 0 unspecified atom stereocenters. The van der Waals surface area contributed by atoms with Crippen molar-refractivity contribution >= 4 is 83.0 Å². The van der Waals surface area contributed by atoms with Gasteiger partial charge in [0.15, 0.2) is 0 Å². The minimum atomic E-state index is -0.246. The third kappa shape index (κ3) is 6.76. The zero-order chi connectivity index (χ0) is 8.85. The number of hydrogen-bond acceptors (Lipinski definition) is 2. The molecule has 0 bridgehead atoms. The van der Waals surface area contributed by atoms with Gasteiger partial charge in [0.25, 0.3) is 0 Å². The first-order chi connectivity index (χ1) is 5.07. The van der Waals surface area contributed by atoms with Gasteiger partial charge in [0.1, 0.15) is 11.9 Å². The summed E-state index contributed by atoms with van der Waals surface area (Å²) in [5.41, 5.74) is 0. The van der Waals surface area contributed by atoms with Gasteiger partial charge in [0, 0.05) is 3.58 Å². The van der Waals surface area contributed by atoms with Crippen molar-refractivity contribution in [2.45, 2.75) is 0 Å². The second kappa shape index (κ2) is 7.07. The van der Waals surface area contributed by atoms with E-state index in [1.807, 2.05) is 0 Å². The molecule has 0 fully saturated rings. The van der Waals surface area contributed by atoms with Gasteiger partial charge in [-0.25, -0.2) is 0 Å². The summed E-state index contributed by atoms with van der Waals surface area (Å²) in [6, 6.07) is 0. The highest BCUT2D eigenvalue weighted by molar-refractivity contribution is 14.1. The number of carbonyl (C=O) groups is 1. The number of alkyl halides is 1. The average Bonchev–Trinajstić information content (AvgIpc) is 1.99. The maximum absolute atomic E-state index is 10.6. The highest BCUT2D eigenvalue weighted by Crippen LogP contribution is 2.24. The Kier molecular flexibility index (Phi) is 8.12. The first kappa shape index (κ1) is 12.6. The molecule has 0 saturated carbocycles. The zero-order valence-corrected chi connectivity index (χ0v) is 12.7. The number of carbonyl (C=O) groups excluding carboxylic acids is 1. The summed E-state index contributed by atoms with van der Waals surface area (Å²) in [5, 5.41) is 0.246. The number of esters is 1. The maximum Gasteiger partial charge on any atom is 0.316 e. The van der Waals surface area contributed by atoms with Crippen molar-refractivity contribution in [2.75, 3.05) is 11.9 Å². The van der Waals surface area contributed by atoms with Gasteiger partial charge in [0.05, 0.1) is 2.49 Å². The quantitative estimate of drug-likeness (QED) is 0.331. The summed E-state index contributed by atoms with van der Waals surface area (Å²) < 4.78 is 6.78. The fraction of sp³-hybridized carbons (Fsp3) is 0.400. The Morgan fingerprint density at radius 1 is 1.45 bits per heavy atom. The topological polar surface area (TPSA) is 26.3 Å². The minimum absolute atomic E-state index is 0.246. The van der Waals surface area contributed by atoms with E-state index in [2.05, 4.69) is 77.0 Å². The molecule has 0 amide bonds. The highest BCUT2D eigenvalue weighted by atomic mass is 127. The molecule has 0 N–H and O–H groups in total. The lowest BCUT2D eigenvalue weighted by atomic mass is 10.7. The van der Waals surface area contributed by atoms with Crippen LogP contribution in [0.4, 0.5) is 0 Å². The SMILES string of the molecule is O=C(CBr)OC/C(I)=C(/Br)I. The van der Waals surface area contributed by atoms with E-state index in [0.717, 1.165) is 6.07 Å². The predicted molar refractivity (Wildman–Crippen MR) is 68.7 cm³/mol. The molecule has 0 aromatic heterocycles. The molecule has 0 aliphatic rings. The predicted octanol–water partition coefficient (Wildman–Crippen LogP) is 3.36. The first-order valence-electron chi connectivity index (χ1n) is 2.49. The summed E-state index contributed by atoms with van der Waals surface area (Å²) in [6.45, 7) is 0.342. The summed E-state index contributed by atoms with van der Waals surface area (Å²) in [4.78, 5) is 10.6. The van der Waals surface area contributed by atoms with E-state index >= 15 is 0 Å². The summed E-state index contributed by atoms with van der Waals surface area (Å²) in [5.74, 6) is -0.246. The minimum Gasteiger partial charge on any atom is -0.460 e. The van der Waals surface area contributed by atoms with Crippen molar-refractivity contribution in [3.63, 3.8) is 0 Å². The molecule has 0 saturated heterocycles. The first-order valence-corrected chi connectivity index (χ1v) is 6.56. The zero-order valence-electron chi connectivity index (χ0n) is 5.24. The largest absolute Gasteiger partial charge is 0.460 e. The van der Waals surface area contributed by atoms with Gasteiger partial charge >= 0.3 is 5.97 Å². The molecule has 2 nitrogen and oxygen atoms in total. The van der Waals surface area contributed by atoms with Gasteiger partial charge in [-0.3, -0.25) is 4.79 Å². The van der Waals surface area contributed by atoms with Gasteiger partial charge in [0.2, 0.25) is 0 Å². The van der Waals surface area contributed by atoms with Crippen LogP contribution in [0.3, 0.4) is 0 Å². The third-order valence-corrected chi connectivity index (χ3v) is 4.89. The molecule has 11 heavy (non-hydrogen) atoms. The van der Waals surface area contributed by atoms with Crippen LogP contribution in [0.25, 0.3) is 0 Å². The second-order valence-corrected chi connectivity index (χ2v) is 6.68. The van der Waals surface area contributed by atoms with Crippen molar-refractivity contribution in [3.8, 4) is 0 Å². The van der Waals surface area contributed by atoms with E-state index in [4.69, 9.17) is 4.74 Å². The lowest BCUT2D eigenvalue weighted by molar-refractivity contribution is -0.139. The van der Waals surface area contributed by atoms with E-state index < -0.39 is 0 Å². The van der Waals surface area contributed by atoms with Crippen LogP contribution in [0.2, 0.25) is 0 Å². The normalized spacial score (nSPS) is 12.4. The Bertz CT molecular complexity index is 177. The van der Waals surface area contributed by atoms with E-state index in [1.165, 1.54) is 0 Å². The molecule has 6 heteroatoms. The number of hydrogen-bond donors (Lipinski definition) is 0.